The van der Waals surface area contributed by atoms with Gasteiger partial charge in [-0.2, -0.15) is 5.48 Å². The molecular formula is C17H26N2O2. The normalized spacial score (nSPS) is 22.2. The Morgan fingerprint density at radius 2 is 1.86 bits per heavy atom. The van der Waals surface area contributed by atoms with Gasteiger partial charge in [-0.25, -0.2) is 0 Å². The predicted octanol–water partition coefficient (Wildman–Crippen LogP) is 2.40. The summed E-state index contributed by atoms with van der Waals surface area (Å²) in [6, 6.07) is 9.99. The molecule has 116 valence electrons. The minimum absolute atomic E-state index is 0.211. The zero-order valence-corrected chi connectivity index (χ0v) is 13.0. The van der Waals surface area contributed by atoms with E-state index in [9.17, 15) is 4.79 Å². The van der Waals surface area contributed by atoms with Crippen LogP contribution in [0.15, 0.2) is 30.3 Å². The van der Waals surface area contributed by atoms with Gasteiger partial charge in [-0.05, 0) is 51.3 Å². The van der Waals surface area contributed by atoms with Crippen molar-refractivity contribution < 1.29 is 9.63 Å². The maximum absolute atomic E-state index is 11.8. The number of hydrogen-bond donors (Lipinski definition) is 1. The minimum Gasteiger partial charge on any atom is -0.370 e. The average Bonchev–Trinajstić information content (AvgIpc) is 2.47. The highest BCUT2D eigenvalue weighted by Gasteiger charge is 2.22. The molecule has 2 rings (SSSR count). The largest absolute Gasteiger partial charge is 0.370 e. The van der Waals surface area contributed by atoms with Crippen LogP contribution in [0.5, 0.6) is 0 Å². The molecule has 0 amide bonds. The third-order valence-electron chi connectivity index (χ3n) is 4.00. The highest BCUT2D eigenvalue weighted by Crippen LogP contribution is 2.24. The van der Waals surface area contributed by atoms with Crippen LogP contribution < -0.4 is 5.48 Å². The number of nitrogens with zero attached hydrogens (tertiary/aromatic N) is 1. The lowest BCUT2D eigenvalue weighted by Gasteiger charge is -2.30. The summed E-state index contributed by atoms with van der Waals surface area (Å²) in [7, 11) is 4.24. The quantitative estimate of drug-likeness (QED) is 0.817. The molecule has 1 aliphatic carbocycles. The summed E-state index contributed by atoms with van der Waals surface area (Å²) in [6.07, 6.45) is 4.89. The standard InChI is InChI=1S/C17H26N2O2/c1-19(2)13-15-8-10-16(11-9-15)18-21-17(20)12-14-6-4-3-5-7-14/h3-7,15-16,18H,8-13H2,1-2H3. The van der Waals surface area contributed by atoms with Gasteiger partial charge in [0.05, 0.1) is 6.42 Å². The second-order valence-corrected chi connectivity index (χ2v) is 6.23. The van der Waals surface area contributed by atoms with Crippen LogP contribution in [0.1, 0.15) is 31.2 Å². The van der Waals surface area contributed by atoms with E-state index < -0.39 is 0 Å². The molecule has 1 aromatic carbocycles. The van der Waals surface area contributed by atoms with E-state index in [4.69, 9.17) is 4.84 Å². The number of hydrogen-bond acceptors (Lipinski definition) is 4. The highest BCUT2D eigenvalue weighted by atomic mass is 16.7. The molecule has 0 atom stereocenters. The highest BCUT2D eigenvalue weighted by molar-refractivity contribution is 5.72. The molecule has 0 bridgehead atoms. The first-order chi connectivity index (χ1) is 10.1. The number of nitrogens with one attached hydrogen (secondary N) is 1. The van der Waals surface area contributed by atoms with Crippen molar-refractivity contribution in [2.45, 2.75) is 38.1 Å². The first kappa shape index (κ1) is 16.0. The Bertz CT molecular complexity index is 426. The fourth-order valence-electron chi connectivity index (χ4n) is 2.93. The summed E-state index contributed by atoms with van der Waals surface area (Å²) >= 11 is 0. The van der Waals surface area contributed by atoms with Crippen molar-refractivity contribution >= 4 is 5.97 Å². The minimum atomic E-state index is -0.211. The van der Waals surface area contributed by atoms with Crippen molar-refractivity contribution in [3.05, 3.63) is 35.9 Å². The van der Waals surface area contributed by atoms with Gasteiger partial charge in [-0.3, -0.25) is 4.79 Å². The summed E-state index contributed by atoms with van der Waals surface area (Å²) in [4.78, 5) is 19.2. The molecule has 0 radical (unpaired) electrons. The van der Waals surface area contributed by atoms with Crippen LogP contribution in [0.4, 0.5) is 0 Å². The van der Waals surface area contributed by atoms with E-state index in [1.807, 2.05) is 30.3 Å². The van der Waals surface area contributed by atoms with Crippen molar-refractivity contribution in [2.24, 2.45) is 5.92 Å². The summed E-state index contributed by atoms with van der Waals surface area (Å²) in [5, 5.41) is 0. The third kappa shape index (κ3) is 5.86. The van der Waals surface area contributed by atoms with Crippen molar-refractivity contribution in [3.8, 4) is 0 Å². The Morgan fingerprint density at radius 3 is 2.48 bits per heavy atom. The fraction of sp³-hybridized carbons (Fsp3) is 0.588. The number of rotatable bonds is 6. The fourth-order valence-corrected chi connectivity index (χ4v) is 2.93. The average molecular weight is 290 g/mol. The lowest BCUT2D eigenvalue weighted by molar-refractivity contribution is -0.152. The van der Waals surface area contributed by atoms with Crippen LogP contribution in [0.25, 0.3) is 0 Å². The van der Waals surface area contributed by atoms with Gasteiger partial charge in [0.15, 0.2) is 0 Å². The molecule has 1 aromatic rings. The molecule has 1 fully saturated rings. The van der Waals surface area contributed by atoms with E-state index >= 15 is 0 Å². The van der Waals surface area contributed by atoms with Gasteiger partial charge in [-0.15, -0.1) is 0 Å². The van der Waals surface area contributed by atoms with Crippen molar-refractivity contribution in [2.75, 3.05) is 20.6 Å². The summed E-state index contributed by atoms with van der Waals surface area (Å²) in [5.41, 5.74) is 3.94. The second kappa shape index (κ2) is 8.15. The predicted molar refractivity (Wildman–Crippen MR) is 83.7 cm³/mol. The van der Waals surface area contributed by atoms with Crippen molar-refractivity contribution in [1.82, 2.24) is 10.4 Å². The molecule has 0 spiro atoms. The Labute approximate surface area is 127 Å². The summed E-state index contributed by atoms with van der Waals surface area (Å²) in [6.45, 7) is 1.15. The Hall–Kier alpha value is -1.39. The lowest BCUT2D eigenvalue weighted by atomic mass is 9.86. The number of benzene rings is 1. The Morgan fingerprint density at radius 1 is 1.19 bits per heavy atom. The summed E-state index contributed by atoms with van der Waals surface area (Å²) < 4.78 is 0. The van der Waals surface area contributed by atoms with Gasteiger partial charge in [-0.1, -0.05) is 30.3 Å². The van der Waals surface area contributed by atoms with Crippen LogP contribution >= 0.6 is 0 Å². The molecule has 1 N–H and O–H groups in total. The maximum Gasteiger partial charge on any atom is 0.329 e. The molecule has 0 unspecified atom stereocenters. The topological polar surface area (TPSA) is 41.6 Å². The maximum atomic E-state index is 11.8. The zero-order chi connectivity index (χ0) is 15.1. The van der Waals surface area contributed by atoms with Crippen LogP contribution in [0.3, 0.4) is 0 Å². The number of carbonyl (C=O) groups excluding carboxylic acids is 1. The molecule has 1 saturated carbocycles. The van der Waals surface area contributed by atoms with Crippen molar-refractivity contribution in [1.29, 1.82) is 0 Å². The van der Waals surface area contributed by atoms with Crippen LogP contribution in [0.2, 0.25) is 0 Å². The summed E-state index contributed by atoms with van der Waals surface area (Å²) in [5.74, 6) is 0.565. The van der Waals surface area contributed by atoms with E-state index in [0.29, 0.717) is 12.5 Å². The molecule has 4 nitrogen and oxygen atoms in total. The zero-order valence-electron chi connectivity index (χ0n) is 13.0. The number of hydroxylamine groups is 1. The van der Waals surface area contributed by atoms with Gasteiger partial charge in [0.2, 0.25) is 0 Å². The molecule has 4 heteroatoms. The SMILES string of the molecule is CN(C)CC1CCC(NOC(=O)Cc2ccccc2)CC1. The molecule has 0 aromatic heterocycles. The lowest BCUT2D eigenvalue weighted by Crippen LogP contribution is -2.37. The molecular weight excluding hydrogens is 264 g/mol. The smallest absolute Gasteiger partial charge is 0.329 e. The van der Waals surface area contributed by atoms with Gasteiger partial charge in [0.25, 0.3) is 0 Å². The van der Waals surface area contributed by atoms with Gasteiger partial charge >= 0.3 is 5.97 Å². The van der Waals surface area contributed by atoms with Crippen LogP contribution in [-0.4, -0.2) is 37.6 Å². The first-order valence-electron chi connectivity index (χ1n) is 7.77. The Kier molecular flexibility index (Phi) is 6.21. The van der Waals surface area contributed by atoms with Gasteiger partial charge in [0.1, 0.15) is 0 Å². The molecule has 0 aliphatic heterocycles. The monoisotopic (exact) mass is 290 g/mol. The van der Waals surface area contributed by atoms with E-state index in [1.165, 1.54) is 12.8 Å². The van der Waals surface area contributed by atoms with Gasteiger partial charge < -0.3 is 9.74 Å². The van der Waals surface area contributed by atoms with Gasteiger partial charge in [0, 0.05) is 12.6 Å². The van der Waals surface area contributed by atoms with Crippen LogP contribution in [-0.2, 0) is 16.1 Å². The van der Waals surface area contributed by atoms with E-state index in [0.717, 1.165) is 30.9 Å². The van der Waals surface area contributed by atoms with E-state index in [1.54, 1.807) is 0 Å². The van der Waals surface area contributed by atoms with Crippen LogP contribution in [0, 0.1) is 5.92 Å². The number of carbonyl (C=O) groups is 1. The Balaban J connectivity index is 1.64. The van der Waals surface area contributed by atoms with E-state index in [-0.39, 0.29) is 5.97 Å². The molecule has 0 heterocycles. The van der Waals surface area contributed by atoms with E-state index in [2.05, 4.69) is 24.5 Å². The first-order valence-corrected chi connectivity index (χ1v) is 7.77. The third-order valence-corrected chi connectivity index (χ3v) is 4.00. The molecule has 1 aliphatic rings. The second-order valence-electron chi connectivity index (χ2n) is 6.23. The molecule has 0 saturated heterocycles. The molecule has 21 heavy (non-hydrogen) atoms. The van der Waals surface area contributed by atoms with Crippen molar-refractivity contribution in [3.63, 3.8) is 0 Å².